The monoisotopic (exact) mass is 361 g/mol. The van der Waals surface area contributed by atoms with E-state index in [4.69, 9.17) is 0 Å². The van der Waals surface area contributed by atoms with Crippen molar-refractivity contribution in [2.75, 3.05) is 31.1 Å². The number of amides is 1. The van der Waals surface area contributed by atoms with Gasteiger partial charge in [0.25, 0.3) is 0 Å². The normalized spacial score (nSPS) is 21.3. The van der Waals surface area contributed by atoms with Crippen LogP contribution in [0.25, 0.3) is 0 Å². The molecule has 0 N–H and O–H groups in total. The Morgan fingerprint density at radius 1 is 1.17 bits per heavy atom. The van der Waals surface area contributed by atoms with E-state index in [0.29, 0.717) is 48.3 Å². The number of carbonyl (C=O) groups is 1. The maximum Gasteiger partial charge on any atom is 0.427 e. The SMILES string of the molecule is CC1CCN(C(=O)C2CCN(c3ncc(C(F)(F)F)s3)CC2)CC1. The predicted octanol–water partition coefficient (Wildman–Crippen LogP) is 3.64. The highest BCUT2D eigenvalue weighted by atomic mass is 32.1. The zero-order chi connectivity index (χ0) is 17.3. The third-order valence-corrected chi connectivity index (χ3v) is 6.09. The zero-order valence-corrected chi connectivity index (χ0v) is 14.5. The first-order chi connectivity index (χ1) is 11.3. The van der Waals surface area contributed by atoms with Crippen molar-refractivity contribution >= 4 is 22.4 Å². The minimum atomic E-state index is -4.34. The molecule has 1 amide bonds. The Bertz CT molecular complexity index is 573. The molecule has 0 spiro atoms. The minimum Gasteiger partial charge on any atom is -0.348 e. The Morgan fingerprint density at radius 2 is 1.79 bits per heavy atom. The molecule has 2 aliphatic heterocycles. The van der Waals surface area contributed by atoms with E-state index in [-0.39, 0.29) is 11.8 Å². The average molecular weight is 361 g/mol. The number of halogens is 3. The summed E-state index contributed by atoms with van der Waals surface area (Å²) in [7, 11) is 0. The van der Waals surface area contributed by atoms with E-state index in [0.717, 1.165) is 32.1 Å². The molecule has 2 saturated heterocycles. The van der Waals surface area contributed by atoms with Gasteiger partial charge in [0.2, 0.25) is 5.91 Å². The number of hydrogen-bond donors (Lipinski definition) is 0. The number of carbonyl (C=O) groups excluding carboxylic acids is 1. The van der Waals surface area contributed by atoms with Crippen LogP contribution in [-0.4, -0.2) is 42.0 Å². The summed E-state index contributed by atoms with van der Waals surface area (Å²) in [5.74, 6) is 0.900. The number of rotatable bonds is 2. The molecule has 0 atom stereocenters. The molecule has 0 radical (unpaired) electrons. The molecular weight excluding hydrogens is 339 g/mol. The molecule has 0 saturated carbocycles. The highest BCUT2D eigenvalue weighted by molar-refractivity contribution is 7.15. The topological polar surface area (TPSA) is 36.4 Å². The fraction of sp³-hybridized carbons (Fsp3) is 0.750. The largest absolute Gasteiger partial charge is 0.427 e. The first-order valence-corrected chi connectivity index (χ1v) is 9.23. The number of nitrogens with zero attached hydrogens (tertiary/aromatic N) is 3. The van der Waals surface area contributed by atoms with Gasteiger partial charge in [-0.25, -0.2) is 4.98 Å². The summed E-state index contributed by atoms with van der Waals surface area (Å²) in [6.45, 7) is 5.06. The minimum absolute atomic E-state index is 0.00305. The summed E-state index contributed by atoms with van der Waals surface area (Å²) in [5, 5.41) is 0.403. The molecule has 24 heavy (non-hydrogen) atoms. The number of likely N-dealkylation sites (tertiary alicyclic amines) is 1. The van der Waals surface area contributed by atoms with Gasteiger partial charge in [-0.3, -0.25) is 4.79 Å². The van der Waals surface area contributed by atoms with Gasteiger partial charge in [0, 0.05) is 32.1 Å². The Morgan fingerprint density at radius 3 is 2.33 bits per heavy atom. The Hall–Kier alpha value is -1.31. The molecule has 8 heteroatoms. The predicted molar refractivity (Wildman–Crippen MR) is 87.0 cm³/mol. The standard InChI is InChI=1S/C16H22F3N3OS/c1-11-2-6-21(7-3-11)14(23)12-4-8-22(9-5-12)15-20-10-13(24-15)16(17,18)19/h10-12H,2-9H2,1H3. The van der Waals surface area contributed by atoms with Crippen molar-refractivity contribution in [1.82, 2.24) is 9.88 Å². The summed E-state index contributed by atoms with van der Waals surface area (Å²) >= 11 is 0.679. The van der Waals surface area contributed by atoms with Gasteiger partial charge in [-0.2, -0.15) is 13.2 Å². The van der Waals surface area contributed by atoms with Crippen molar-refractivity contribution in [2.24, 2.45) is 11.8 Å². The van der Waals surface area contributed by atoms with E-state index in [9.17, 15) is 18.0 Å². The third kappa shape index (κ3) is 3.84. The number of piperidine rings is 2. The van der Waals surface area contributed by atoms with E-state index >= 15 is 0 Å². The first-order valence-electron chi connectivity index (χ1n) is 8.41. The molecule has 0 aromatic carbocycles. The van der Waals surface area contributed by atoms with E-state index in [1.807, 2.05) is 9.80 Å². The van der Waals surface area contributed by atoms with Crippen molar-refractivity contribution in [3.05, 3.63) is 11.1 Å². The molecule has 0 unspecified atom stereocenters. The number of hydrogen-bond acceptors (Lipinski definition) is 4. The fourth-order valence-electron chi connectivity index (χ4n) is 3.35. The van der Waals surface area contributed by atoms with Crippen LogP contribution in [0, 0.1) is 11.8 Å². The van der Waals surface area contributed by atoms with Gasteiger partial charge in [0.1, 0.15) is 4.88 Å². The summed E-state index contributed by atoms with van der Waals surface area (Å²) in [6.07, 6.45) is 0.0488. The van der Waals surface area contributed by atoms with Crippen LogP contribution in [0.15, 0.2) is 6.20 Å². The van der Waals surface area contributed by atoms with Crippen LogP contribution in [0.5, 0.6) is 0 Å². The third-order valence-electron chi connectivity index (χ3n) is 4.98. The Kier molecular flexibility index (Phi) is 5.03. The molecule has 1 aromatic heterocycles. The second-order valence-corrected chi connectivity index (χ2v) is 7.78. The Labute approximate surface area is 143 Å². The lowest BCUT2D eigenvalue weighted by Crippen LogP contribution is -2.45. The molecule has 1 aromatic rings. The fourth-order valence-corrected chi connectivity index (χ4v) is 4.18. The molecule has 134 valence electrons. The van der Waals surface area contributed by atoms with Crippen LogP contribution < -0.4 is 4.90 Å². The maximum absolute atomic E-state index is 12.7. The second kappa shape index (κ2) is 6.90. The van der Waals surface area contributed by atoms with E-state index < -0.39 is 11.1 Å². The average Bonchev–Trinajstić information content (AvgIpc) is 3.05. The Balaban J connectivity index is 1.54. The van der Waals surface area contributed by atoms with E-state index in [1.54, 1.807) is 0 Å². The van der Waals surface area contributed by atoms with Crippen molar-refractivity contribution in [2.45, 2.75) is 38.8 Å². The van der Waals surface area contributed by atoms with Crippen LogP contribution in [0.3, 0.4) is 0 Å². The van der Waals surface area contributed by atoms with Crippen molar-refractivity contribution in [3.8, 4) is 0 Å². The van der Waals surface area contributed by atoms with Gasteiger partial charge in [-0.15, -0.1) is 0 Å². The molecular formula is C16H22F3N3OS. The lowest BCUT2D eigenvalue weighted by molar-refractivity contribution is -0.137. The molecule has 2 aliphatic rings. The van der Waals surface area contributed by atoms with Gasteiger partial charge in [0.15, 0.2) is 5.13 Å². The van der Waals surface area contributed by atoms with Gasteiger partial charge >= 0.3 is 6.18 Å². The quantitative estimate of drug-likeness (QED) is 0.807. The van der Waals surface area contributed by atoms with Crippen LogP contribution in [0.4, 0.5) is 18.3 Å². The van der Waals surface area contributed by atoms with Crippen molar-refractivity contribution < 1.29 is 18.0 Å². The molecule has 4 nitrogen and oxygen atoms in total. The van der Waals surface area contributed by atoms with Gasteiger partial charge in [-0.05, 0) is 31.6 Å². The summed E-state index contributed by atoms with van der Waals surface area (Å²) < 4.78 is 38.0. The maximum atomic E-state index is 12.7. The van der Waals surface area contributed by atoms with Crippen molar-refractivity contribution in [3.63, 3.8) is 0 Å². The highest BCUT2D eigenvalue weighted by Gasteiger charge is 2.35. The number of alkyl halides is 3. The molecule has 0 bridgehead atoms. The van der Waals surface area contributed by atoms with Gasteiger partial charge in [-0.1, -0.05) is 18.3 Å². The second-order valence-electron chi connectivity index (χ2n) is 6.77. The molecule has 3 rings (SSSR count). The van der Waals surface area contributed by atoms with Crippen LogP contribution in [0.1, 0.15) is 37.5 Å². The van der Waals surface area contributed by atoms with Crippen LogP contribution in [-0.2, 0) is 11.0 Å². The first kappa shape index (κ1) is 17.5. The van der Waals surface area contributed by atoms with E-state index in [1.165, 1.54) is 0 Å². The lowest BCUT2D eigenvalue weighted by Gasteiger charge is -2.36. The summed E-state index contributed by atoms with van der Waals surface area (Å²) in [5.41, 5.74) is 0. The zero-order valence-electron chi connectivity index (χ0n) is 13.7. The van der Waals surface area contributed by atoms with Crippen LogP contribution >= 0.6 is 11.3 Å². The summed E-state index contributed by atoms with van der Waals surface area (Å²) in [4.78, 5) is 19.6. The van der Waals surface area contributed by atoms with Gasteiger partial charge < -0.3 is 9.80 Å². The van der Waals surface area contributed by atoms with Crippen molar-refractivity contribution in [1.29, 1.82) is 0 Å². The number of aromatic nitrogens is 1. The molecule has 0 aliphatic carbocycles. The highest BCUT2D eigenvalue weighted by Crippen LogP contribution is 2.37. The number of anilines is 1. The van der Waals surface area contributed by atoms with E-state index in [2.05, 4.69) is 11.9 Å². The smallest absolute Gasteiger partial charge is 0.348 e. The molecule has 3 heterocycles. The van der Waals surface area contributed by atoms with Gasteiger partial charge in [0.05, 0.1) is 6.20 Å². The molecule has 2 fully saturated rings. The summed E-state index contributed by atoms with van der Waals surface area (Å²) in [6, 6.07) is 0. The number of thiazole rings is 1. The van der Waals surface area contributed by atoms with Crippen LogP contribution in [0.2, 0.25) is 0 Å². The lowest BCUT2D eigenvalue weighted by atomic mass is 9.93.